The van der Waals surface area contributed by atoms with Crippen LogP contribution in [0.15, 0.2) is 24.4 Å². The SMILES string of the molecule is COC(=O)c1cnc2c(OC(F)F)cccc2c1N. The molecule has 2 aromatic rings. The molecular weight excluding hydrogens is 258 g/mol. The molecule has 0 spiro atoms. The predicted octanol–water partition coefficient (Wildman–Crippen LogP) is 2.21. The summed E-state index contributed by atoms with van der Waals surface area (Å²) in [5.41, 5.74) is 6.15. The first kappa shape index (κ1) is 13.0. The van der Waals surface area contributed by atoms with E-state index in [-0.39, 0.29) is 22.5 Å². The largest absolute Gasteiger partial charge is 0.465 e. The van der Waals surface area contributed by atoms with Crippen molar-refractivity contribution in [3.05, 3.63) is 30.0 Å². The summed E-state index contributed by atoms with van der Waals surface area (Å²) in [6.07, 6.45) is 1.17. The highest BCUT2D eigenvalue weighted by atomic mass is 19.3. The molecule has 0 amide bonds. The van der Waals surface area contributed by atoms with Crippen LogP contribution in [0.1, 0.15) is 10.4 Å². The van der Waals surface area contributed by atoms with Gasteiger partial charge in [-0.05, 0) is 6.07 Å². The van der Waals surface area contributed by atoms with Gasteiger partial charge in [-0.1, -0.05) is 12.1 Å². The van der Waals surface area contributed by atoms with Gasteiger partial charge in [-0.2, -0.15) is 8.78 Å². The summed E-state index contributed by atoms with van der Waals surface area (Å²) < 4.78 is 33.4. The molecule has 0 aliphatic rings. The first-order chi connectivity index (χ1) is 9.04. The number of aromatic nitrogens is 1. The van der Waals surface area contributed by atoms with Gasteiger partial charge in [-0.25, -0.2) is 4.79 Å². The average molecular weight is 268 g/mol. The maximum absolute atomic E-state index is 12.3. The molecule has 1 aromatic carbocycles. The lowest BCUT2D eigenvalue weighted by Crippen LogP contribution is -2.08. The fourth-order valence-corrected chi connectivity index (χ4v) is 1.68. The second kappa shape index (κ2) is 5.05. The van der Waals surface area contributed by atoms with Crippen LogP contribution in [0.25, 0.3) is 10.9 Å². The highest BCUT2D eigenvalue weighted by Gasteiger charge is 2.16. The van der Waals surface area contributed by atoms with Gasteiger partial charge in [-0.15, -0.1) is 0 Å². The van der Waals surface area contributed by atoms with Gasteiger partial charge in [0, 0.05) is 11.6 Å². The van der Waals surface area contributed by atoms with Gasteiger partial charge in [0.15, 0.2) is 5.75 Å². The Kier molecular flexibility index (Phi) is 3.46. The monoisotopic (exact) mass is 268 g/mol. The lowest BCUT2D eigenvalue weighted by molar-refractivity contribution is -0.0489. The highest BCUT2D eigenvalue weighted by molar-refractivity contribution is 6.05. The van der Waals surface area contributed by atoms with Gasteiger partial charge in [0.05, 0.1) is 12.8 Å². The Morgan fingerprint density at radius 3 is 2.79 bits per heavy atom. The number of pyridine rings is 1. The van der Waals surface area contributed by atoms with E-state index in [9.17, 15) is 13.6 Å². The van der Waals surface area contributed by atoms with E-state index in [0.717, 1.165) is 0 Å². The van der Waals surface area contributed by atoms with E-state index >= 15 is 0 Å². The zero-order chi connectivity index (χ0) is 14.0. The number of fused-ring (bicyclic) bond motifs is 1. The highest BCUT2D eigenvalue weighted by Crippen LogP contribution is 2.30. The number of alkyl halides is 2. The van der Waals surface area contributed by atoms with E-state index < -0.39 is 12.6 Å². The third kappa shape index (κ3) is 2.40. The molecule has 0 unspecified atom stereocenters. The fraction of sp³-hybridized carbons (Fsp3) is 0.167. The minimum absolute atomic E-state index is 0.0733. The Bertz CT molecular complexity index is 632. The van der Waals surface area contributed by atoms with E-state index in [4.69, 9.17) is 5.73 Å². The second-order valence-corrected chi connectivity index (χ2v) is 3.61. The van der Waals surface area contributed by atoms with Crippen molar-refractivity contribution in [1.82, 2.24) is 4.98 Å². The van der Waals surface area contributed by atoms with E-state index in [0.29, 0.717) is 5.39 Å². The maximum Gasteiger partial charge on any atom is 0.387 e. The quantitative estimate of drug-likeness (QED) is 0.864. The van der Waals surface area contributed by atoms with Crippen LogP contribution in [0.5, 0.6) is 5.75 Å². The maximum atomic E-state index is 12.3. The Labute approximate surface area is 106 Å². The minimum Gasteiger partial charge on any atom is -0.465 e. The summed E-state index contributed by atoms with van der Waals surface area (Å²) in [6.45, 7) is -2.96. The Hall–Kier alpha value is -2.44. The van der Waals surface area contributed by atoms with Crippen LogP contribution in [-0.4, -0.2) is 24.7 Å². The van der Waals surface area contributed by atoms with Gasteiger partial charge in [0.1, 0.15) is 11.1 Å². The number of hydrogen-bond donors (Lipinski definition) is 1. The molecule has 2 rings (SSSR count). The normalized spacial score (nSPS) is 10.7. The number of halogens is 2. The first-order valence-electron chi connectivity index (χ1n) is 5.25. The summed E-state index contributed by atoms with van der Waals surface area (Å²) in [5.74, 6) is -0.748. The number of benzene rings is 1. The summed E-state index contributed by atoms with van der Waals surface area (Å²) in [6, 6.07) is 4.39. The van der Waals surface area contributed by atoms with Crippen molar-refractivity contribution in [2.45, 2.75) is 6.61 Å². The van der Waals surface area contributed by atoms with E-state index in [1.165, 1.54) is 25.4 Å². The molecule has 0 bridgehead atoms. The lowest BCUT2D eigenvalue weighted by atomic mass is 10.1. The van der Waals surface area contributed by atoms with Gasteiger partial charge in [0.25, 0.3) is 0 Å². The first-order valence-corrected chi connectivity index (χ1v) is 5.25. The van der Waals surface area contributed by atoms with Gasteiger partial charge < -0.3 is 15.2 Å². The van der Waals surface area contributed by atoms with Crippen molar-refractivity contribution in [1.29, 1.82) is 0 Å². The zero-order valence-corrected chi connectivity index (χ0v) is 9.89. The number of nitrogens with two attached hydrogens (primary N) is 1. The number of carbonyl (C=O) groups is 1. The Morgan fingerprint density at radius 1 is 1.42 bits per heavy atom. The molecule has 0 saturated carbocycles. The van der Waals surface area contributed by atoms with Crippen LogP contribution in [0.2, 0.25) is 0 Å². The number of hydrogen-bond acceptors (Lipinski definition) is 5. The number of carbonyl (C=O) groups excluding carboxylic acids is 1. The number of esters is 1. The van der Waals surface area contributed by atoms with Crippen molar-refractivity contribution in [2.24, 2.45) is 0 Å². The number of anilines is 1. The number of para-hydroxylation sites is 1. The van der Waals surface area contributed by atoms with Crippen LogP contribution in [-0.2, 0) is 4.74 Å². The zero-order valence-electron chi connectivity index (χ0n) is 9.89. The molecule has 0 fully saturated rings. The third-order valence-electron chi connectivity index (χ3n) is 2.52. The topological polar surface area (TPSA) is 74.4 Å². The van der Waals surface area contributed by atoms with Crippen LogP contribution >= 0.6 is 0 Å². The molecule has 0 radical (unpaired) electrons. The summed E-state index contributed by atoms with van der Waals surface area (Å²) in [5, 5.41) is 0.348. The Balaban J connectivity index is 2.62. The third-order valence-corrected chi connectivity index (χ3v) is 2.52. The van der Waals surface area contributed by atoms with Crippen molar-refractivity contribution in [2.75, 3.05) is 12.8 Å². The van der Waals surface area contributed by atoms with Crippen molar-refractivity contribution >= 4 is 22.6 Å². The number of rotatable bonds is 3. The van der Waals surface area contributed by atoms with E-state index in [1.54, 1.807) is 6.07 Å². The molecule has 0 aliphatic carbocycles. The smallest absolute Gasteiger partial charge is 0.387 e. The average Bonchev–Trinajstić information content (AvgIpc) is 2.38. The molecule has 1 aromatic heterocycles. The predicted molar refractivity (Wildman–Crippen MR) is 64.1 cm³/mol. The summed E-state index contributed by atoms with van der Waals surface area (Å²) in [7, 11) is 1.21. The van der Waals surface area contributed by atoms with Gasteiger partial charge in [0.2, 0.25) is 0 Å². The minimum atomic E-state index is -2.96. The van der Waals surface area contributed by atoms with Gasteiger partial charge >= 0.3 is 12.6 Å². The van der Waals surface area contributed by atoms with Crippen LogP contribution in [0, 0.1) is 0 Å². The van der Waals surface area contributed by atoms with Crippen LogP contribution in [0.4, 0.5) is 14.5 Å². The summed E-state index contributed by atoms with van der Waals surface area (Å²) in [4.78, 5) is 15.4. The molecule has 0 atom stereocenters. The molecule has 7 heteroatoms. The fourth-order valence-electron chi connectivity index (χ4n) is 1.68. The number of ether oxygens (including phenoxy) is 2. The van der Waals surface area contributed by atoms with Crippen molar-refractivity contribution < 1.29 is 23.0 Å². The number of methoxy groups -OCH3 is 1. The molecular formula is C12H10F2N2O3. The number of nitrogen functional groups attached to an aromatic ring is 1. The van der Waals surface area contributed by atoms with E-state index in [1.807, 2.05) is 0 Å². The van der Waals surface area contributed by atoms with Crippen molar-refractivity contribution in [3.63, 3.8) is 0 Å². The molecule has 0 aliphatic heterocycles. The molecule has 0 saturated heterocycles. The lowest BCUT2D eigenvalue weighted by Gasteiger charge is -2.10. The van der Waals surface area contributed by atoms with Gasteiger partial charge in [-0.3, -0.25) is 4.98 Å². The van der Waals surface area contributed by atoms with E-state index in [2.05, 4.69) is 14.5 Å². The van der Waals surface area contributed by atoms with Crippen molar-refractivity contribution in [3.8, 4) is 5.75 Å². The molecule has 2 N–H and O–H groups in total. The second-order valence-electron chi connectivity index (χ2n) is 3.61. The molecule has 5 nitrogen and oxygen atoms in total. The molecule has 19 heavy (non-hydrogen) atoms. The van der Waals surface area contributed by atoms with Crippen LogP contribution < -0.4 is 10.5 Å². The standard InChI is InChI=1S/C12H10F2N2O3/c1-18-11(17)7-5-16-10-6(9(7)15)3-2-4-8(10)19-12(13)14/h2-5,12H,1H3,(H2,15,16). The van der Waals surface area contributed by atoms with Crippen LogP contribution in [0.3, 0.4) is 0 Å². The molecule has 100 valence electrons. The summed E-state index contributed by atoms with van der Waals surface area (Å²) >= 11 is 0. The Morgan fingerprint density at radius 2 is 2.16 bits per heavy atom. The molecule has 1 heterocycles. The number of nitrogens with zero attached hydrogens (tertiary/aromatic N) is 1.